The maximum atomic E-state index is 10.2. The molecule has 8 N–H and O–H groups in total. The molecular formula is C22H32O13. The molecule has 35 heavy (non-hydrogen) atoms. The van der Waals surface area contributed by atoms with E-state index in [-0.39, 0.29) is 18.1 Å². The Kier molecular flexibility index (Phi) is 9.80. The third-order valence-electron chi connectivity index (χ3n) is 5.79. The summed E-state index contributed by atoms with van der Waals surface area (Å²) in [6, 6.07) is 4.77. The van der Waals surface area contributed by atoms with Gasteiger partial charge in [0.25, 0.3) is 0 Å². The molecule has 0 amide bonds. The van der Waals surface area contributed by atoms with Gasteiger partial charge in [-0.25, -0.2) is 0 Å². The molecule has 3 rings (SSSR count). The minimum absolute atomic E-state index is 0.0336. The Balaban J connectivity index is 1.60. The molecule has 10 atom stereocenters. The van der Waals surface area contributed by atoms with Crippen LogP contribution in [0.25, 0.3) is 6.08 Å². The van der Waals surface area contributed by atoms with E-state index in [1.165, 1.54) is 13.2 Å². The molecular weight excluding hydrogens is 472 g/mol. The first kappa shape index (κ1) is 27.7. The monoisotopic (exact) mass is 504 g/mol. The first-order valence-electron chi connectivity index (χ1n) is 11.0. The van der Waals surface area contributed by atoms with Crippen LogP contribution in [0, 0.1) is 0 Å². The maximum absolute atomic E-state index is 10.2. The lowest BCUT2D eigenvalue weighted by Crippen LogP contribution is -2.60. The van der Waals surface area contributed by atoms with Crippen LogP contribution in [0.4, 0.5) is 0 Å². The van der Waals surface area contributed by atoms with E-state index in [4.69, 9.17) is 23.7 Å². The van der Waals surface area contributed by atoms with Crippen molar-refractivity contribution in [1.29, 1.82) is 0 Å². The summed E-state index contributed by atoms with van der Waals surface area (Å²) in [5.41, 5.74) is 0.653. The highest BCUT2D eigenvalue weighted by Crippen LogP contribution is 2.32. The van der Waals surface area contributed by atoms with Crippen molar-refractivity contribution in [1.82, 2.24) is 0 Å². The number of rotatable bonds is 9. The van der Waals surface area contributed by atoms with Crippen molar-refractivity contribution < 1.29 is 64.5 Å². The fourth-order valence-electron chi connectivity index (χ4n) is 3.71. The average Bonchev–Trinajstić information content (AvgIpc) is 2.87. The summed E-state index contributed by atoms with van der Waals surface area (Å²) in [6.07, 6.45) is -10.7. The van der Waals surface area contributed by atoms with Gasteiger partial charge in [-0.2, -0.15) is 0 Å². The highest BCUT2D eigenvalue weighted by Gasteiger charge is 2.45. The second-order valence-electron chi connectivity index (χ2n) is 8.16. The number of aliphatic hydroxyl groups excluding tert-OH is 8. The lowest BCUT2D eigenvalue weighted by Gasteiger charge is -2.39. The van der Waals surface area contributed by atoms with Crippen molar-refractivity contribution in [3.8, 4) is 11.5 Å². The van der Waals surface area contributed by atoms with Crippen LogP contribution in [0.2, 0.25) is 0 Å². The Labute approximate surface area is 200 Å². The first-order chi connectivity index (χ1) is 16.7. The molecule has 0 aliphatic carbocycles. The van der Waals surface area contributed by atoms with Gasteiger partial charge in [0.05, 0.1) is 26.9 Å². The molecule has 13 nitrogen and oxygen atoms in total. The number of hydrogen-bond donors (Lipinski definition) is 8. The summed E-state index contributed by atoms with van der Waals surface area (Å²) in [5, 5.41) is 78.1. The third-order valence-corrected chi connectivity index (χ3v) is 5.79. The fourth-order valence-corrected chi connectivity index (χ4v) is 3.71. The molecule has 0 aromatic heterocycles. The highest BCUT2D eigenvalue weighted by molar-refractivity contribution is 5.56. The molecule has 2 aliphatic rings. The number of methoxy groups -OCH3 is 1. The molecule has 1 aromatic rings. The standard InChI is InChI=1S/C22H32O13/c1-31-12-7-10(3-2-6-32-21-19(29)17(27)15(25)13(8-23)34-21)4-5-11(12)33-22-20(30)18(28)16(26)14(9-24)35-22/h2-5,7,13-30H,6,8-9H2,1H3/b3-2+/t13-,14+,15-,16+,17+,18+,19+,20+,21-,22+/m1/s1. The maximum Gasteiger partial charge on any atom is 0.229 e. The quantitative estimate of drug-likeness (QED) is 0.166. The topological polar surface area (TPSA) is 208 Å². The van der Waals surface area contributed by atoms with Crippen molar-refractivity contribution in [3.63, 3.8) is 0 Å². The Morgan fingerprint density at radius 3 is 1.91 bits per heavy atom. The van der Waals surface area contributed by atoms with Crippen molar-refractivity contribution in [2.24, 2.45) is 0 Å². The Bertz CT molecular complexity index is 832. The summed E-state index contributed by atoms with van der Waals surface area (Å²) < 4.78 is 26.9. The number of hydrogen-bond acceptors (Lipinski definition) is 13. The van der Waals surface area contributed by atoms with E-state index in [1.54, 1.807) is 24.3 Å². The zero-order chi connectivity index (χ0) is 25.7. The SMILES string of the molecule is COc1cc(/C=C/CO[C@@H]2O[C@H](CO)[C@@H](O)[C@H](O)[C@@H]2O)ccc1O[C@H]1O[C@@H](CO)[C@H](O)[C@H](O)[C@@H]1O. The van der Waals surface area contributed by atoms with Gasteiger partial charge in [0.2, 0.25) is 6.29 Å². The van der Waals surface area contributed by atoms with Gasteiger partial charge in [-0.15, -0.1) is 0 Å². The third kappa shape index (κ3) is 6.28. The largest absolute Gasteiger partial charge is 0.493 e. The summed E-state index contributed by atoms with van der Waals surface area (Å²) >= 11 is 0. The van der Waals surface area contributed by atoms with Crippen LogP contribution in [0.15, 0.2) is 24.3 Å². The van der Waals surface area contributed by atoms with Crippen LogP contribution in [0.3, 0.4) is 0 Å². The van der Waals surface area contributed by atoms with Crippen LogP contribution in [-0.2, 0) is 14.2 Å². The molecule has 2 saturated heterocycles. The van der Waals surface area contributed by atoms with Gasteiger partial charge in [-0.05, 0) is 17.7 Å². The highest BCUT2D eigenvalue weighted by atomic mass is 16.7. The predicted octanol–water partition coefficient (Wildman–Crippen LogP) is -3.30. The molecule has 1 aromatic carbocycles. The van der Waals surface area contributed by atoms with Crippen LogP contribution in [0.1, 0.15) is 5.56 Å². The van der Waals surface area contributed by atoms with E-state index in [9.17, 15) is 40.9 Å². The summed E-state index contributed by atoms with van der Waals surface area (Å²) in [6.45, 7) is -1.18. The molecule has 13 heteroatoms. The number of ether oxygens (including phenoxy) is 5. The van der Waals surface area contributed by atoms with Crippen molar-refractivity contribution in [2.75, 3.05) is 26.9 Å². The normalized spacial score (nSPS) is 38.0. The van der Waals surface area contributed by atoms with Crippen LogP contribution in [-0.4, -0.2) is 129 Å². The van der Waals surface area contributed by atoms with Gasteiger partial charge in [0.1, 0.15) is 48.8 Å². The van der Waals surface area contributed by atoms with E-state index < -0.39 is 74.6 Å². The molecule has 0 bridgehead atoms. The lowest BCUT2D eigenvalue weighted by molar-refractivity contribution is -0.298. The van der Waals surface area contributed by atoms with Crippen LogP contribution >= 0.6 is 0 Å². The van der Waals surface area contributed by atoms with Crippen molar-refractivity contribution in [2.45, 2.75) is 61.4 Å². The number of benzene rings is 1. The summed E-state index contributed by atoms with van der Waals surface area (Å²) in [7, 11) is 1.39. The van der Waals surface area contributed by atoms with E-state index in [1.807, 2.05) is 0 Å². The molecule has 0 unspecified atom stereocenters. The molecule has 2 aliphatic heterocycles. The first-order valence-corrected chi connectivity index (χ1v) is 11.0. The minimum Gasteiger partial charge on any atom is -0.493 e. The van der Waals surface area contributed by atoms with Gasteiger partial charge in [0, 0.05) is 0 Å². The predicted molar refractivity (Wildman–Crippen MR) is 116 cm³/mol. The van der Waals surface area contributed by atoms with Crippen LogP contribution in [0.5, 0.6) is 11.5 Å². The average molecular weight is 504 g/mol. The minimum atomic E-state index is -1.58. The van der Waals surface area contributed by atoms with Gasteiger partial charge >= 0.3 is 0 Å². The second kappa shape index (κ2) is 12.4. The summed E-state index contributed by atoms with van der Waals surface area (Å²) in [5.74, 6) is 0.436. The fraction of sp³-hybridized carbons (Fsp3) is 0.636. The lowest BCUT2D eigenvalue weighted by atomic mass is 9.99. The van der Waals surface area contributed by atoms with Crippen molar-refractivity contribution >= 4 is 6.08 Å². The Hall–Kier alpha value is -1.88. The molecule has 0 spiro atoms. The van der Waals surface area contributed by atoms with E-state index in [0.717, 1.165) is 0 Å². The van der Waals surface area contributed by atoms with Crippen LogP contribution < -0.4 is 9.47 Å². The van der Waals surface area contributed by atoms with Gasteiger partial charge in [-0.3, -0.25) is 0 Å². The zero-order valence-corrected chi connectivity index (χ0v) is 18.9. The molecule has 2 heterocycles. The van der Waals surface area contributed by atoms with Gasteiger partial charge in [-0.1, -0.05) is 18.2 Å². The number of aliphatic hydroxyl groups is 8. The molecule has 198 valence electrons. The smallest absolute Gasteiger partial charge is 0.229 e. The Morgan fingerprint density at radius 2 is 1.34 bits per heavy atom. The van der Waals surface area contributed by atoms with Crippen molar-refractivity contribution in [3.05, 3.63) is 29.8 Å². The second-order valence-corrected chi connectivity index (χ2v) is 8.16. The molecule has 0 saturated carbocycles. The van der Waals surface area contributed by atoms with E-state index >= 15 is 0 Å². The van der Waals surface area contributed by atoms with Gasteiger partial charge in [0.15, 0.2) is 17.8 Å². The van der Waals surface area contributed by atoms with E-state index in [0.29, 0.717) is 5.56 Å². The molecule has 2 fully saturated rings. The zero-order valence-electron chi connectivity index (χ0n) is 18.9. The summed E-state index contributed by atoms with van der Waals surface area (Å²) in [4.78, 5) is 0. The molecule has 0 radical (unpaired) electrons. The Morgan fingerprint density at radius 1 is 0.771 bits per heavy atom. The van der Waals surface area contributed by atoms with E-state index in [2.05, 4.69) is 0 Å². The van der Waals surface area contributed by atoms with Gasteiger partial charge < -0.3 is 64.5 Å².